The zero-order valence-corrected chi connectivity index (χ0v) is 12.5. The molecule has 2 rings (SSSR count). The fourth-order valence-electron chi connectivity index (χ4n) is 2.15. The highest BCUT2D eigenvalue weighted by Gasteiger charge is 2.42. The molecule has 2 atom stereocenters. The second-order valence-electron chi connectivity index (χ2n) is 5.55. The standard InChI is InChI=1S/C15H20ClNO3/c1-10(20-13-7-5-12(16)6-8-13)14(19)17-15(2,9-18)11-3-4-11/h5-8,10-11,18H,3-4,9H2,1-2H3,(H,17,19). The molecule has 1 fully saturated rings. The first-order valence-corrected chi connectivity index (χ1v) is 7.17. The monoisotopic (exact) mass is 297 g/mol. The Morgan fingerprint density at radius 2 is 2.10 bits per heavy atom. The van der Waals surface area contributed by atoms with Crippen molar-refractivity contribution in [1.29, 1.82) is 0 Å². The van der Waals surface area contributed by atoms with Crippen molar-refractivity contribution < 1.29 is 14.6 Å². The van der Waals surface area contributed by atoms with E-state index in [0.29, 0.717) is 16.7 Å². The minimum absolute atomic E-state index is 0.0585. The normalized spacial score (nSPS) is 19.0. The highest BCUT2D eigenvalue weighted by Crippen LogP contribution is 2.39. The summed E-state index contributed by atoms with van der Waals surface area (Å²) in [5, 5.41) is 13.0. The minimum Gasteiger partial charge on any atom is -0.481 e. The summed E-state index contributed by atoms with van der Waals surface area (Å²) in [6.07, 6.45) is 1.47. The molecule has 1 amide bonds. The number of halogens is 1. The Labute approximate surface area is 124 Å². The van der Waals surface area contributed by atoms with Gasteiger partial charge in [-0.05, 0) is 56.9 Å². The molecule has 1 aromatic carbocycles. The molecule has 0 aliphatic heterocycles. The van der Waals surface area contributed by atoms with Gasteiger partial charge in [-0.3, -0.25) is 4.79 Å². The third-order valence-electron chi connectivity index (χ3n) is 3.71. The number of aliphatic hydroxyl groups is 1. The van der Waals surface area contributed by atoms with E-state index in [2.05, 4.69) is 5.32 Å². The summed E-state index contributed by atoms with van der Waals surface area (Å²) in [5.41, 5.74) is -0.547. The van der Waals surface area contributed by atoms with E-state index < -0.39 is 11.6 Å². The first-order valence-electron chi connectivity index (χ1n) is 6.80. The maximum Gasteiger partial charge on any atom is 0.261 e. The van der Waals surface area contributed by atoms with E-state index in [4.69, 9.17) is 16.3 Å². The Morgan fingerprint density at radius 3 is 2.60 bits per heavy atom. The van der Waals surface area contributed by atoms with Gasteiger partial charge in [0.15, 0.2) is 6.10 Å². The number of nitrogens with one attached hydrogen (secondary N) is 1. The van der Waals surface area contributed by atoms with Gasteiger partial charge in [0.1, 0.15) is 5.75 Å². The van der Waals surface area contributed by atoms with Gasteiger partial charge in [0.25, 0.3) is 5.91 Å². The number of hydrogen-bond acceptors (Lipinski definition) is 3. The molecule has 0 aromatic heterocycles. The number of carbonyl (C=O) groups excluding carboxylic acids is 1. The van der Waals surface area contributed by atoms with Crippen molar-refractivity contribution in [2.24, 2.45) is 5.92 Å². The SMILES string of the molecule is CC(Oc1ccc(Cl)cc1)C(=O)NC(C)(CO)C1CC1. The lowest BCUT2D eigenvalue weighted by Gasteiger charge is -2.30. The van der Waals surface area contributed by atoms with Crippen LogP contribution in [-0.2, 0) is 4.79 Å². The molecule has 2 N–H and O–H groups in total. The predicted molar refractivity (Wildman–Crippen MR) is 77.9 cm³/mol. The Hall–Kier alpha value is -1.26. The van der Waals surface area contributed by atoms with Gasteiger partial charge in [-0.25, -0.2) is 0 Å². The topological polar surface area (TPSA) is 58.6 Å². The summed E-state index contributed by atoms with van der Waals surface area (Å²) in [5.74, 6) is 0.733. The highest BCUT2D eigenvalue weighted by molar-refractivity contribution is 6.30. The quantitative estimate of drug-likeness (QED) is 0.847. The Balaban J connectivity index is 1.93. The summed E-state index contributed by atoms with van der Waals surface area (Å²) in [6.45, 7) is 3.50. The molecule has 4 nitrogen and oxygen atoms in total. The average Bonchev–Trinajstić information content (AvgIpc) is 3.26. The van der Waals surface area contributed by atoms with Gasteiger partial charge in [0, 0.05) is 5.02 Å². The van der Waals surface area contributed by atoms with E-state index in [-0.39, 0.29) is 12.5 Å². The van der Waals surface area contributed by atoms with Gasteiger partial charge in [0.05, 0.1) is 12.1 Å². The number of ether oxygens (including phenoxy) is 1. The van der Waals surface area contributed by atoms with Crippen LogP contribution in [0.15, 0.2) is 24.3 Å². The zero-order chi connectivity index (χ0) is 14.8. The smallest absolute Gasteiger partial charge is 0.261 e. The van der Waals surface area contributed by atoms with Crippen molar-refractivity contribution in [3.63, 3.8) is 0 Å². The first kappa shape index (κ1) is 15.1. The van der Waals surface area contributed by atoms with Crippen LogP contribution in [0.2, 0.25) is 5.02 Å². The van der Waals surface area contributed by atoms with Crippen molar-refractivity contribution in [2.45, 2.75) is 38.3 Å². The van der Waals surface area contributed by atoms with E-state index >= 15 is 0 Å². The Morgan fingerprint density at radius 1 is 1.50 bits per heavy atom. The van der Waals surface area contributed by atoms with Crippen LogP contribution >= 0.6 is 11.6 Å². The third-order valence-corrected chi connectivity index (χ3v) is 3.96. The molecular weight excluding hydrogens is 278 g/mol. The number of aliphatic hydroxyl groups excluding tert-OH is 1. The molecular formula is C15H20ClNO3. The van der Waals surface area contributed by atoms with E-state index in [0.717, 1.165) is 12.8 Å². The van der Waals surface area contributed by atoms with Crippen LogP contribution in [-0.4, -0.2) is 29.3 Å². The van der Waals surface area contributed by atoms with Crippen molar-refractivity contribution in [1.82, 2.24) is 5.32 Å². The summed E-state index contributed by atoms with van der Waals surface area (Å²) in [4.78, 5) is 12.1. The summed E-state index contributed by atoms with van der Waals surface area (Å²) in [7, 11) is 0. The van der Waals surface area contributed by atoms with Crippen molar-refractivity contribution in [3.8, 4) is 5.75 Å². The third kappa shape index (κ3) is 3.64. The number of amides is 1. The Bertz CT molecular complexity index is 473. The number of carbonyl (C=O) groups is 1. The van der Waals surface area contributed by atoms with Crippen LogP contribution in [0, 0.1) is 5.92 Å². The fraction of sp³-hybridized carbons (Fsp3) is 0.533. The van der Waals surface area contributed by atoms with E-state index in [1.165, 1.54) is 0 Å². The molecule has 1 saturated carbocycles. The largest absolute Gasteiger partial charge is 0.481 e. The molecule has 1 aliphatic rings. The van der Waals surface area contributed by atoms with Crippen LogP contribution < -0.4 is 10.1 Å². The molecule has 0 spiro atoms. The summed E-state index contributed by atoms with van der Waals surface area (Å²) >= 11 is 5.80. The van der Waals surface area contributed by atoms with Gasteiger partial charge in [0.2, 0.25) is 0 Å². The molecule has 5 heteroatoms. The van der Waals surface area contributed by atoms with Crippen molar-refractivity contribution in [3.05, 3.63) is 29.3 Å². The van der Waals surface area contributed by atoms with E-state index in [9.17, 15) is 9.90 Å². The minimum atomic E-state index is -0.624. The molecule has 2 unspecified atom stereocenters. The number of hydrogen-bond donors (Lipinski definition) is 2. The average molecular weight is 298 g/mol. The van der Waals surface area contributed by atoms with Gasteiger partial charge in [-0.15, -0.1) is 0 Å². The van der Waals surface area contributed by atoms with Crippen LogP contribution in [0.25, 0.3) is 0 Å². The first-order chi connectivity index (χ1) is 9.44. The summed E-state index contributed by atoms with van der Waals surface area (Å²) < 4.78 is 5.57. The highest BCUT2D eigenvalue weighted by atomic mass is 35.5. The molecule has 110 valence electrons. The molecule has 0 saturated heterocycles. The van der Waals surface area contributed by atoms with Gasteiger partial charge < -0.3 is 15.2 Å². The lowest BCUT2D eigenvalue weighted by molar-refractivity contribution is -0.130. The van der Waals surface area contributed by atoms with Crippen LogP contribution in [0.1, 0.15) is 26.7 Å². The van der Waals surface area contributed by atoms with E-state index in [1.54, 1.807) is 31.2 Å². The molecule has 20 heavy (non-hydrogen) atoms. The number of benzene rings is 1. The van der Waals surface area contributed by atoms with Crippen LogP contribution in [0.3, 0.4) is 0 Å². The second-order valence-corrected chi connectivity index (χ2v) is 5.99. The zero-order valence-electron chi connectivity index (χ0n) is 11.7. The maximum atomic E-state index is 12.1. The lowest BCUT2D eigenvalue weighted by atomic mass is 9.96. The van der Waals surface area contributed by atoms with Gasteiger partial charge in [-0.2, -0.15) is 0 Å². The second kappa shape index (κ2) is 6.02. The van der Waals surface area contributed by atoms with Crippen LogP contribution in [0.4, 0.5) is 0 Å². The molecule has 0 heterocycles. The van der Waals surface area contributed by atoms with Gasteiger partial charge >= 0.3 is 0 Å². The van der Waals surface area contributed by atoms with Crippen LogP contribution in [0.5, 0.6) is 5.75 Å². The molecule has 1 aromatic rings. The van der Waals surface area contributed by atoms with Crippen molar-refractivity contribution >= 4 is 17.5 Å². The molecule has 0 bridgehead atoms. The maximum absolute atomic E-state index is 12.1. The van der Waals surface area contributed by atoms with Gasteiger partial charge in [-0.1, -0.05) is 11.6 Å². The molecule has 0 radical (unpaired) electrons. The Kier molecular flexibility index (Phi) is 4.55. The summed E-state index contributed by atoms with van der Waals surface area (Å²) in [6, 6.07) is 6.86. The lowest BCUT2D eigenvalue weighted by Crippen LogP contribution is -2.54. The number of rotatable bonds is 6. The predicted octanol–water partition coefficient (Wildman–Crippen LogP) is 2.38. The van der Waals surface area contributed by atoms with E-state index in [1.807, 2.05) is 6.92 Å². The molecule has 1 aliphatic carbocycles. The fourth-order valence-corrected chi connectivity index (χ4v) is 2.27. The van der Waals surface area contributed by atoms with Crippen molar-refractivity contribution in [2.75, 3.05) is 6.61 Å².